The number of nitrogens with zero attached hydrogens (tertiary/aromatic N) is 1. The second kappa shape index (κ2) is 7.46. The first-order valence-electron chi connectivity index (χ1n) is 7.07. The summed E-state index contributed by atoms with van der Waals surface area (Å²) in [5, 5.41) is 9.16. The maximum absolute atomic E-state index is 12.4. The normalized spacial score (nSPS) is 11.5. The Labute approximate surface area is 115 Å². The SMILES string of the molecule is CCC(CC)N(CCO)CC(=O)c1cc(C)[nH]c1C. The van der Waals surface area contributed by atoms with Crippen LogP contribution in [0.3, 0.4) is 0 Å². The Morgan fingerprint density at radius 3 is 2.42 bits per heavy atom. The Kier molecular flexibility index (Phi) is 6.25. The molecule has 108 valence electrons. The van der Waals surface area contributed by atoms with E-state index in [2.05, 4.69) is 23.7 Å². The fraction of sp³-hybridized carbons (Fsp3) is 0.667. The number of aromatic nitrogens is 1. The van der Waals surface area contributed by atoms with Gasteiger partial charge in [0, 0.05) is 29.5 Å². The molecule has 0 atom stereocenters. The minimum absolute atomic E-state index is 0.0922. The van der Waals surface area contributed by atoms with Crippen LogP contribution >= 0.6 is 0 Å². The quantitative estimate of drug-likeness (QED) is 0.710. The van der Waals surface area contributed by atoms with E-state index in [1.807, 2.05) is 19.9 Å². The van der Waals surface area contributed by atoms with Crippen molar-refractivity contribution < 1.29 is 9.90 Å². The highest BCUT2D eigenvalue weighted by atomic mass is 16.3. The van der Waals surface area contributed by atoms with E-state index in [1.54, 1.807) is 0 Å². The van der Waals surface area contributed by atoms with Crippen LogP contribution in [-0.4, -0.2) is 46.5 Å². The summed E-state index contributed by atoms with van der Waals surface area (Å²) >= 11 is 0. The van der Waals surface area contributed by atoms with Crippen LogP contribution in [0.2, 0.25) is 0 Å². The summed E-state index contributed by atoms with van der Waals surface area (Å²) in [5.74, 6) is 0.127. The second-order valence-corrected chi connectivity index (χ2v) is 5.08. The molecule has 19 heavy (non-hydrogen) atoms. The lowest BCUT2D eigenvalue weighted by Crippen LogP contribution is -2.40. The predicted octanol–water partition coefficient (Wildman–Crippen LogP) is 2.30. The number of hydrogen-bond donors (Lipinski definition) is 2. The number of carbonyl (C=O) groups excluding carboxylic acids is 1. The van der Waals surface area contributed by atoms with Crippen molar-refractivity contribution in [3.8, 4) is 0 Å². The number of rotatable bonds is 8. The topological polar surface area (TPSA) is 56.3 Å². The smallest absolute Gasteiger partial charge is 0.178 e. The number of aliphatic hydroxyl groups excluding tert-OH is 1. The molecule has 0 fully saturated rings. The average molecular weight is 266 g/mol. The molecule has 0 radical (unpaired) electrons. The van der Waals surface area contributed by atoms with E-state index in [1.165, 1.54) is 0 Å². The van der Waals surface area contributed by atoms with Crippen LogP contribution in [0, 0.1) is 13.8 Å². The van der Waals surface area contributed by atoms with Crippen LogP contribution in [0.1, 0.15) is 48.4 Å². The van der Waals surface area contributed by atoms with Gasteiger partial charge in [0.15, 0.2) is 5.78 Å². The van der Waals surface area contributed by atoms with Crippen LogP contribution in [-0.2, 0) is 0 Å². The highest BCUT2D eigenvalue weighted by Gasteiger charge is 2.20. The van der Waals surface area contributed by atoms with E-state index in [4.69, 9.17) is 5.11 Å². The standard InChI is InChI=1S/C15H26N2O2/c1-5-13(6-2)17(7-8-18)10-15(19)14-9-11(3)16-12(14)4/h9,13,16,18H,5-8,10H2,1-4H3. The lowest BCUT2D eigenvalue weighted by Gasteiger charge is -2.29. The van der Waals surface area contributed by atoms with Crippen molar-refractivity contribution >= 4 is 5.78 Å². The van der Waals surface area contributed by atoms with Gasteiger partial charge in [0.2, 0.25) is 0 Å². The molecule has 4 heteroatoms. The summed E-state index contributed by atoms with van der Waals surface area (Å²) in [5.41, 5.74) is 2.71. The van der Waals surface area contributed by atoms with Gasteiger partial charge in [-0.2, -0.15) is 0 Å². The zero-order chi connectivity index (χ0) is 14.4. The lowest BCUT2D eigenvalue weighted by molar-refractivity contribution is 0.0850. The van der Waals surface area contributed by atoms with Gasteiger partial charge in [0.05, 0.1) is 13.2 Å². The van der Waals surface area contributed by atoms with E-state index in [9.17, 15) is 4.79 Å². The van der Waals surface area contributed by atoms with E-state index < -0.39 is 0 Å². The zero-order valence-corrected chi connectivity index (χ0v) is 12.5. The summed E-state index contributed by atoms with van der Waals surface area (Å²) < 4.78 is 0. The molecule has 1 rings (SSSR count). The van der Waals surface area contributed by atoms with E-state index in [-0.39, 0.29) is 12.4 Å². The number of H-pyrrole nitrogens is 1. The maximum atomic E-state index is 12.4. The number of aryl methyl sites for hydroxylation is 2. The molecule has 1 heterocycles. The van der Waals surface area contributed by atoms with Gasteiger partial charge in [0.1, 0.15) is 0 Å². The largest absolute Gasteiger partial charge is 0.395 e. The zero-order valence-electron chi connectivity index (χ0n) is 12.5. The first kappa shape index (κ1) is 15.9. The van der Waals surface area contributed by atoms with Crippen LogP contribution in [0.5, 0.6) is 0 Å². The van der Waals surface area contributed by atoms with Gasteiger partial charge in [0.25, 0.3) is 0 Å². The summed E-state index contributed by atoms with van der Waals surface area (Å²) in [4.78, 5) is 17.6. The Hall–Kier alpha value is -1.13. The summed E-state index contributed by atoms with van der Waals surface area (Å²) in [6.07, 6.45) is 1.99. The first-order chi connectivity index (χ1) is 9.03. The molecular weight excluding hydrogens is 240 g/mol. The number of aliphatic hydroxyl groups is 1. The number of ketones is 1. The number of carbonyl (C=O) groups is 1. The fourth-order valence-electron chi connectivity index (χ4n) is 2.61. The third-order valence-corrected chi connectivity index (χ3v) is 3.64. The van der Waals surface area contributed by atoms with Gasteiger partial charge in [-0.05, 0) is 32.8 Å². The van der Waals surface area contributed by atoms with Crippen LogP contribution in [0.25, 0.3) is 0 Å². The van der Waals surface area contributed by atoms with Crippen molar-refractivity contribution in [1.29, 1.82) is 0 Å². The predicted molar refractivity (Wildman–Crippen MR) is 77.6 cm³/mol. The molecule has 0 aliphatic carbocycles. The molecule has 0 saturated carbocycles. The van der Waals surface area contributed by atoms with E-state index >= 15 is 0 Å². The number of hydrogen-bond acceptors (Lipinski definition) is 3. The molecule has 1 aromatic rings. The molecule has 0 amide bonds. The molecule has 2 N–H and O–H groups in total. The molecular formula is C15H26N2O2. The Morgan fingerprint density at radius 2 is 2.00 bits per heavy atom. The van der Waals surface area contributed by atoms with Crippen molar-refractivity contribution in [2.24, 2.45) is 0 Å². The van der Waals surface area contributed by atoms with Crippen molar-refractivity contribution in [3.05, 3.63) is 23.0 Å². The summed E-state index contributed by atoms with van der Waals surface area (Å²) in [6, 6.07) is 2.26. The van der Waals surface area contributed by atoms with Gasteiger partial charge in [-0.1, -0.05) is 13.8 Å². The van der Waals surface area contributed by atoms with E-state index in [0.29, 0.717) is 19.1 Å². The van der Waals surface area contributed by atoms with Crippen LogP contribution in [0.15, 0.2) is 6.07 Å². The molecule has 0 spiro atoms. The van der Waals surface area contributed by atoms with Crippen molar-refractivity contribution in [2.75, 3.05) is 19.7 Å². The Bertz CT molecular complexity index is 408. The second-order valence-electron chi connectivity index (χ2n) is 5.08. The first-order valence-corrected chi connectivity index (χ1v) is 7.07. The average Bonchev–Trinajstić information content (AvgIpc) is 2.70. The molecule has 0 aromatic carbocycles. The number of aromatic amines is 1. The van der Waals surface area contributed by atoms with Crippen LogP contribution in [0.4, 0.5) is 0 Å². The summed E-state index contributed by atoms with van der Waals surface area (Å²) in [7, 11) is 0. The fourth-order valence-corrected chi connectivity index (χ4v) is 2.61. The third kappa shape index (κ3) is 4.18. The highest BCUT2D eigenvalue weighted by Crippen LogP contribution is 2.14. The highest BCUT2D eigenvalue weighted by molar-refractivity contribution is 5.98. The third-order valence-electron chi connectivity index (χ3n) is 3.64. The van der Waals surface area contributed by atoms with Gasteiger partial charge in [-0.25, -0.2) is 0 Å². The number of nitrogens with one attached hydrogen (secondary N) is 1. The minimum Gasteiger partial charge on any atom is -0.395 e. The van der Waals surface area contributed by atoms with Gasteiger partial charge >= 0.3 is 0 Å². The lowest BCUT2D eigenvalue weighted by atomic mass is 10.1. The van der Waals surface area contributed by atoms with E-state index in [0.717, 1.165) is 29.8 Å². The number of Topliss-reactive ketones (excluding diaryl/α,β-unsaturated/α-hetero) is 1. The van der Waals surface area contributed by atoms with Crippen LogP contribution < -0.4 is 0 Å². The summed E-state index contributed by atoms with van der Waals surface area (Å²) in [6.45, 7) is 9.15. The molecule has 0 saturated heterocycles. The monoisotopic (exact) mass is 266 g/mol. The van der Waals surface area contributed by atoms with Gasteiger partial charge in [-0.3, -0.25) is 9.69 Å². The van der Waals surface area contributed by atoms with Crippen molar-refractivity contribution in [1.82, 2.24) is 9.88 Å². The molecule has 0 bridgehead atoms. The molecule has 0 unspecified atom stereocenters. The molecule has 0 aliphatic heterocycles. The van der Waals surface area contributed by atoms with Gasteiger partial charge < -0.3 is 10.1 Å². The van der Waals surface area contributed by atoms with Crippen molar-refractivity contribution in [3.63, 3.8) is 0 Å². The van der Waals surface area contributed by atoms with Crippen molar-refractivity contribution in [2.45, 2.75) is 46.6 Å². The Balaban J connectivity index is 2.78. The minimum atomic E-state index is 0.0922. The van der Waals surface area contributed by atoms with Gasteiger partial charge in [-0.15, -0.1) is 0 Å². The Morgan fingerprint density at radius 1 is 1.37 bits per heavy atom. The maximum Gasteiger partial charge on any atom is 0.178 e. The molecule has 4 nitrogen and oxygen atoms in total. The molecule has 0 aliphatic rings. The molecule has 1 aromatic heterocycles.